The largest absolute Gasteiger partial charge is 0.481 e. The Balaban J connectivity index is 1.79. The number of thiophene rings is 1. The van der Waals surface area contributed by atoms with Crippen molar-refractivity contribution in [3.8, 4) is 0 Å². The molecule has 1 aromatic heterocycles. The summed E-state index contributed by atoms with van der Waals surface area (Å²) < 4.78 is 0. The average molecular weight is 267 g/mol. The van der Waals surface area contributed by atoms with E-state index in [4.69, 9.17) is 5.11 Å². The zero-order valence-electron chi connectivity index (χ0n) is 11.0. The lowest BCUT2D eigenvalue weighted by Crippen LogP contribution is -2.34. The molecule has 0 aromatic carbocycles. The van der Waals surface area contributed by atoms with Crippen LogP contribution in [0.3, 0.4) is 0 Å². The summed E-state index contributed by atoms with van der Waals surface area (Å²) in [7, 11) is 0. The van der Waals surface area contributed by atoms with Gasteiger partial charge in [0, 0.05) is 22.3 Å². The summed E-state index contributed by atoms with van der Waals surface area (Å²) >= 11 is 1.84. The Hall–Kier alpha value is -0.870. The molecule has 0 bridgehead atoms. The lowest BCUT2D eigenvalue weighted by atomic mass is 9.86. The number of hydrogen-bond donors (Lipinski definition) is 2. The van der Waals surface area contributed by atoms with Crippen LogP contribution in [0.15, 0.2) is 6.07 Å². The van der Waals surface area contributed by atoms with Crippen molar-refractivity contribution in [3.63, 3.8) is 0 Å². The fourth-order valence-electron chi connectivity index (χ4n) is 2.66. The van der Waals surface area contributed by atoms with Gasteiger partial charge < -0.3 is 10.4 Å². The van der Waals surface area contributed by atoms with Crippen LogP contribution in [-0.4, -0.2) is 17.1 Å². The van der Waals surface area contributed by atoms with E-state index in [1.165, 1.54) is 15.3 Å². The molecule has 4 heteroatoms. The molecular formula is C14H21NO2S. The summed E-state index contributed by atoms with van der Waals surface area (Å²) in [6, 6.07) is 2.73. The van der Waals surface area contributed by atoms with Crippen molar-refractivity contribution in [2.24, 2.45) is 5.92 Å². The number of aliphatic carboxylic acids is 1. The minimum Gasteiger partial charge on any atom is -0.481 e. The highest BCUT2D eigenvalue weighted by atomic mass is 32.1. The van der Waals surface area contributed by atoms with Gasteiger partial charge in [0.25, 0.3) is 0 Å². The third-order valence-corrected chi connectivity index (χ3v) is 4.81. The Morgan fingerprint density at radius 1 is 1.39 bits per heavy atom. The van der Waals surface area contributed by atoms with Gasteiger partial charge in [0.1, 0.15) is 0 Å². The van der Waals surface area contributed by atoms with Crippen molar-refractivity contribution in [2.45, 2.75) is 52.1 Å². The van der Waals surface area contributed by atoms with Crippen LogP contribution in [0.1, 0.15) is 41.0 Å². The lowest BCUT2D eigenvalue weighted by molar-refractivity contribution is -0.142. The van der Waals surface area contributed by atoms with E-state index in [9.17, 15) is 4.79 Å². The fourth-order valence-corrected chi connectivity index (χ4v) is 3.60. The second-order valence-corrected chi connectivity index (χ2v) is 6.67. The SMILES string of the molecule is Cc1cc(CNC2CCC(C(=O)O)CC2)c(C)s1. The molecule has 1 saturated carbocycles. The molecule has 0 unspecified atom stereocenters. The Morgan fingerprint density at radius 3 is 2.56 bits per heavy atom. The summed E-state index contributed by atoms with van der Waals surface area (Å²) in [6.45, 7) is 5.22. The summed E-state index contributed by atoms with van der Waals surface area (Å²) in [5.41, 5.74) is 1.39. The molecule has 0 saturated heterocycles. The van der Waals surface area contributed by atoms with E-state index in [1.54, 1.807) is 0 Å². The fraction of sp³-hybridized carbons (Fsp3) is 0.643. The summed E-state index contributed by atoms with van der Waals surface area (Å²) in [6.07, 6.45) is 3.60. The highest BCUT2D eigenvalue weighted by Gasteiger charge is 2.25. The average Bonchev–Trinajstić information content (AvgIpc) is 2.66. The van der Waals surface area contributed by atoms with Gasteiger partial charge in [-0.25, -0.2) is 0 Å². The van der Waals surface area contributed by atoms with Gasteiger partial charge in [-0.3, -0.25) is 4.79 Å². The van der Waals surface area contributed by atoms with Gasteiger partial charge in [-0.1, -0.05) is 0 Å². The molecule has 18 heavy (non-hydrogen) atoms. The molecule has 1 aromatic rings. The molecule has 0 radical (unpaired) electrons. The van der Waals surface area contributed by atoms with Gasteiger partial charge >= 0.3 is 5.97 Å². The molecule has 1 fully saturated rings. The first-order chi connectivity index (χ1) is 8.56. The maximum Gasteiger partial charge on any atom is 0.306 e. The number of carboxylic acid groups (broad SMARTS) is 1. The maximum absolute atomic E-state index is 10.9. The normalized spacial score (nSPS) is 24.1. The van der Waals surface area contributed by atoms with Crippen molar-refractivity contribution >= 4 is 17.3 Å². The highest BCUT2D eigenvalue weighted by Crippen LogP contribution is 2.25. The minimum atomic E-state index is -0.627. The van der Waals surface area contributed by atoms with Crippen LogP contribution in [0.25, 0.3) is 0 Å². The molecule has 2 N–H and O–H groups in total. The van der Waals surface area contributed by atoms with E-state index in [0.717, 1.165) is 32.2 Å². The first-order valence-corrected chi connectivity index (χ1v) is 7.40. The van der Waals surface area contributed by atoms with Gasteiger partial charge in [-0.05, 0) is 51.2 Å². The molecule has 0 atom stereocenters. The van der Waals surface area contributed by atoms with Crippen molar-refractivity contribution in [2.75, 3.05) is 0 Å². The first-order valence-electron chi connectivity index (χ1n) is 6.58. The lowest BCUT2D eigenvalue weighted by Gasteiger charge is -2.26. The molecule has 0 aliphatic heterocycles. The molecule has 1 aliphatic rings. The zero-order valence-corrected chi connectivity index (χ0v) is 11.8. The molecular weight excluding hydrogens is 246 g/mol. The van der Waals surface area contributed by atoms with E-state index in [2.05, 4.69) is 25.2 Å². The quantitative estimate of drug-likeness (QED) is 0.881. The van der Waals surface area contributed by atoms with E-state index in [-0.39, 0.29) is 5.92 Å². The number of hydrogen-bond acceptors (Lipinski definition) is 3. The third kappa shape index (κ3) is 3.33. The zero-order chi connectivity index (χ0) is 13.1. The monoisotopic (exact) mass is 267 g/mol. The molecule has 2 rings (SSSR count). The molecule has 0 amide bonds. The van der Waals surface area contributed by atoms with Gasteiger partial charge in [0.05, 0.1) is 5.92 Å². The second-order valence-electron chi connectivity index (χ2n) is 5.21. The van der Waals surface area contributed by atoms with E-state index < -0.39 is 5.97 Å². The highest BCUT2D eigenvalue weighted by molar-refractivity contribution is 7.12. The van der Waals surface area contributed by atoms with Gasteiger partial charge in [-0.2, -0.15) is 0 Å². The van der Waals surface area contributed by atoms with Crippen LogP contribution >= 0.6 is 11.3 Å². The Morgan fingerprint density at radius 2 is 2.06 bits per heavy atom. The molecule has 100 valence electrons. The molecule has 1 aliphatic carbocycles. The van der Waals surface area contributed by atoms with Crippen molar-refractivity contribution in [1.82, 2.24) is 5.32 Å². The molecule has 1 heterocycles. The van der Waals surface area contributed by atoms with Crippen LogP contribution in [0.2, 0.25) is 0 Å². The summed E-state index contributed by atoms with van der Waals surface area (Å²) in [5, 5.41) is 12.5. The Kier molecular flexibility index (Phi) is 4.40. The predicted octanol–water partition coefficient (Wildman–Crippen LogP) is 3.10. The van der Waals surface area contributed by atoms with Gasteiger partial charge in [0.15, 0.2) is 0 Å². The summed E-state index contributed by atoms with van der Waals surface area (Å²) in [4.78, 5) is 13.6. The number of aryl methyl sites for hydroxylation is 2. The van der Waals surface area contributed by atoms with E-state index in [1.807, 2.05) is 11.3 Å². The van der Waals surface area contributed by atoms with E-state index >= 15 is 0 Å². The van der Waals surface area contributed by atoms with Crippen molar-refractivity contribution < 1.29 is 9.90 Å². The number of rotatable bonds is 4. The van der Waals surface area contributed by atoms with Gasteiger partial charge in [0.2, 0.25) is 0 Å². The number of carboxylic acids is 1. The Bertz CT molecular complexity index is 419. The van der Waals surface area contributed by atoms with Crippen LogP contribution < -0.4 is 5.32 Å². The molecule has 3 nitrogen and oxygen atoms in total. The van der Waals surface area contributed by atoms with Crippen LogP contribution in [0, 0.1) is 19.8 Å². The van der Waals surface area contributed by atoms with Crippen molar-refractivity contribution in [1.29, 1.82) is 0 Å². The van der Waals surface area contributed by atoms with Crippen LogP contribution in [0.4, 0.5) is 0 Å². The van der Waals surface area contributed by atoms with Crippen LogP contribution in [-0.2, 0) is 11.3 Å². The predicted molar refractivity (Wildman–Crippen MR) is 74.0 cm³/mol. The van der Waals surface area contributed by atoms with Gasteiger partial charge in [-0.15, -0.1) is 11.3 Å². The maximum atomic E-state index is 10.9. The van der Waals surface area contributed by atoms with Crippen LogP contribution in [0.5, 0.6) is 0 Å². The topological polar surface area (TPSA) is 49.3 Å². The standard InChI is InChI=1S/C14H21NO2S/c1-9-7-12(10(2)18-9)8-15-13-5-3-11(4-6-13)14(16)17/h7,11,13,15H,3-6,8H2,1-2H3,(H,16,17). The smallest absolute Gasteiger partial charge is 0.306 e. The van der Waals surface area contributed by atoms with Crippen molar-refractivity contribution in [3.05, 3.63) is 21.4 Å². The minimum absolute atomic E-state index is 0.117. The first kappa shape index (κ1) is 13.6. The van der Waals surface area contributed by atoms with E-state index in [0.29, 0.717) is 6.04 Å². The second kappa shape index (κ2) is 5.85. The Labute approximate surface area is 112 Å². The molecule has 0 spiro atoms. The number of carbonyl (C=O) groups is 1. The number of nitrogens with one attached hydrogen (secondary N) is 1. The summed E-state index contributed by atoms with van der Waals surface area (Å²) in [5.74, 6) is -0.745. The third-order valence-electron chi connectivity index (χ3n) is 3.80.